The highest BCUT2D eigenvalue weighted by molar-refractivity contribution is 14.0. The van der Waals surface area contributed by atoms with E-state index in [-0.39, 0.29) is 29.4 Å². The Bertz CT molecular complexity index is 819. The largest absolute Gasteiger partial charge is 0.354 e. The van der Waals surface area contributed by atoms with Crippen molar-refractivity contribution in [3.63, 3.8) is 0 Å². The van der Waals surface area contributed by atoms with E-state index in [2.05, 4.69) is 77.9 Å². The molecule has 1 aliphatic heterocycles. The van der Waals surface area contributed by atoms with Gasteiger partial charge in [0.05, 0.1) is 12.2 Å². The number of hydrogen-bond donors (Lipinski definition) is 2. The third-order valence-corrected chi connectivity index (χ3v) is 6.22. The van der Waals surface area contributed by atoms with Gasteiger partial charge in [-0.1, -0.05) is 50.6 Å². The van der Waals surface area contributed by atoms with Crippen LogP contribution >= 0.6 is 35.3 Å². The van der Waals surface area contributed by atoms with Gasteiger partial charge in [-0.05, 0) is 25.3 Å². The number of piperidine rings is 1. The van der Waals surface area contributed by atoms with Gasteiger partial charge in [0.15, 0.2) is 5.96 Å². The van der Waals surface area contributed by atoms with E-state index in [0.29, 0.717) is 12.6 Å². The predicted molar refractivity (Wildman–Crippen MR) is 139 cm³/mol. The summed E-state index contributed by atoms with van der Waals surface area (Å²) in [5, 5.41) is 10.3. The van der Waals surface area contributed by atoms with Crippen LogP contribution in [0.2, 0.25) is 0 Å². The Kier molecular flexibility index (Phi) is 9.56. The summed E-state index contributed by atoms with van der Waals surface area (Å²) in [5.74, 6) is 0.870. The number of nitrogens with one attached hydrogen (secondary N) is 2. The molecular formula is C23H36IN5S. The van der Waals surface area contributed by atoms with Crippen LogP contribution in [0.4, 0.5) is 0 Å². The molecule has 5 nitrogen and oxygen atoms in total. The van der Waals surface area contributed by atoms with Gasteiger partial charge >= 0.3 is 0 Å². The van der Waals surface area contributed by atoms with Crippen molar-refractivity contribution in [3.05, 3.63) is 51.5 Å². The number of aromatic nitrogens is 1. The minimum absolute atomic E-state index is 0. The molecule has 1 aromatic carbocycles. The van der Waals surface area contributed by atoms with E-state index in [0.717, 1.165) is 49.1 Å². The van der Waals surface area contributed by atoms with Crippen LogP contribution in [0.1, 0.15) is 55.4 Å². The molecule has 0 spiro atoms. The number of aryl methyl sites for hydroxylation is 1. The van der Waals surface area contributed by atoms with Gasteiger partial charge in [0.1, 0.15) is 5.01 Å². The molecule has 1 aliphatic rings. The Balaban J connectivity index is 0.00000320. The van der Waals surface area contributed by atoms with Crippen LogP contribution in [0.15, 0.2) is 34.6 Å². The van der Waals surface area contributed by atoms with Crippen molar-refractivity contribution in [3.8, 4) is 0 Å². The summed E-state index contributed by atoms with van der Waals surface area (Å²) >= 11 is 1.71. The summed E-state index contributed by atoms with van der Waals surface area (Å²) in [6, 6.07) is 9.30. The number of aliphatic imine (C=N–C) groups is 1. The van der Waals surface area contributed by atoms with Gasteiger partial charge in [0, 0.05) is 43.5 Å². The Hall–Kier alpha value is -1.19. The highest BCUT2D eigenvalue weighted by Gasteiger charge is 2.21. The van der Waals surface area contributed by atoms with Gasteiger partial charge in [-0.3, -0.25) is 9.89 Å². The van der Waals surface area contributed by atoms with E-state index < -0.39 is 0 Å². The fourth-order valence-corrected chi connectivity index (χ4v) is 4.55. The van der Waals surface area contributed by atoms with Crippen LogP contribution in [-0.4, -0.2) is 42.0 Å². The first-order valence-electron chi connectivity index (χ1n) is 10.5. The maximum Gasteiger partial charge on any atom is 0.191 e. The van der Waals surface area contributed by atoms with E-state index in [4.69, 9.17) is 4.98 Å². The summed E-state index contributed by atoms with van der Waals surface area (Å²) < 4.78 is 0. The second kappa shape index (κ2) is 11.4. The van der Waals surface area contributed by atoms with E-state index >= 15 is 0 Å². The van der Waals surface area contributed by atoms with Gasteiger partial charge in [-0.15, -0.1) is 35.3 Å². The number of halogens is 1. The fourth-order valence-electron chi connectivity index (χ4n) is 3.59. The first-order valence-corrected chi connectivity index (χ1v) is 11.4. The molecule has 0 atom stereocenters. The molecule has 0 amide bonds. The van der Waals surface area contributed by atoms with Crippen LogP contribution in [0, 0.1) is 6.92 Å². The SMILES string of the molecule is CN=C(NCc1nc(C(C)(C)C)cs1)NC1CCN(Cc2cccc(C)c2)CC1.I. The van der Waals surface area contributed by atoms with Gasteiger partial charge in [-0.25, -0.2) is 4.98 Å². The number of rotatable bonds is 5. The molecule has 2 N–H and O–H groups in total. The van der Waals surface area contributed by atoms with Gasteiger partial charge < -0.3 is 10.6 Å². The summed E-state index contributed by atoms with van der Waals surface area (Å²) in [6.07, 6.45) is 2.27. The number of thiazole rings is 1. The zero-order valence-corrected chi connectivity index (χ0v) is 22.0. The number of benzene rings is 1. The number of hydrogen-bond acceptors (Lipinski definition) is 4. The number of likely N-dealkylation sites (tertiary alicyclic amines) is 1. The molecule has 3 rings (SSSR count). The second-order valence-electron chi connectivity index (χ2n) is 8.99. The zero-order valence-electron chi connectivity index (χ0n) is 18.9. The third kappa shape index (κ3) is 7.50. The molecule has 30 heavy (non-hydrogen) atoms. The fraction of sp³-hybridized carbons (Fsp3) is 0.565. The average Bonchev–Trinajstić information content (AvgIpc) is 3.16. The van der Waals surface area contributed by atoms with E-state index in [9.17, 15) is 0 Å². The number of nitrogens with zero attached hydrogens (tertiary/aromatic N) is 3. The normalized spacial score (nSPS) is 16.2. The summed E-state index contributed by atoms with van der Waals surface area (Å²) in [4.78, 5) is 11.7. The molecule has 0 radical (unpaired) electrons. The minimum Gasteiger partial charge on any atom is -0.354 e. The maximum atomic E-state index is 4.76. The lowest BCUT2D eigenvalue weighted by Crippen LogP contribution is -2.48. The second-order valence-corrected chi connectivity index (χ2v) is 9.93. The Morgan fingerprint density at radius 2 is 2.00 bits per heavy atom. The van der Waals surface area contributed by atoms with Crippen molar-refractivity contribution < 1.29 is 0 Å². The van der Waals surface area contributed by atoms with Crippen LogP contribution < -0.4 is 10.6 Å². The lowest BCUT2D eigenvalue weighted by molar-refractivity contribution is 0.198. The van der Waals surface area contributed by atoms with E-state index in [1.165, 1.54) is 11.1 Å². The summed E-state index contributed by atoms with van der Waals surface area (Å²) in [6.45, 7) is 12.7. The van der Waals surface area contributed by atoms with Gasteiger partial charge in [0.25, 0.3) is 0 Å². The van der Waals surface area contributed by atoms with Crippen LogP contribution in [-0.2, 0) is 18.5 Å². The molecule has 0 saturated carbocycles. The maximum absolute atomic E-state index is 4.76. The monoisotopic (exact) mass is 541 g/mol. The third-order valence-electron chi connectivity index (χ3n) is 5.37. The van der Waals surface area contributed by atoms with Crippen molar-refractivity contribution >= 4 is 41.3 Å². The predicted octanol–water partition coefficient (Wildman–Crippen LogP) is 4.70. The molecule has 1 saturated heterocycles. The molecule has 2 aromatic rings. The lowest BCUT2D eigenvalue weighted by atomic mass is 9.93. The Labute approximate surface area is 202 Å². The highest BCUT2D eigenvalue weighted by Crippen LogP contribution is 2.23. The van der Waals surface area contributed by atoms with Crippen LogP contribution in [0.5, 0.6) is 0 Å². The van der Waals surface area contributed by atoms with Crippen molar-refractivity contribution in [2.45, 2.75) is 65.1 Å². The highest BCUT2D eigenvalue weighted by atomic mass is 127. The van der Waals surface area contributed by atoms with Crippen LogP contribution in [0.3, 0.4) is 0 Å². The standard InChI is InChI=1S/C23H35N5S.HI/c1-17-7-6-8-18(13-17)15-28-11-9-19(10-12-28)26-22(24-5)25-14-21-27-20(16-29-21)23(2,3)4;/h6-8,13,16,19H,9-12,14-15H2,1-5H3,(H2,24,25,26);1H. The Morgan fingerprint density at radius 1 is 1.27 bits per heavy atom. The molecular weight excluding hydrogens is 505 g/mol. The first-order chi connectivity index (χ1) is 13.8. The topological polar surface area (TPSA) is 52.6 Å². The average molecular weight is 542 g/mol. The van der Waals surface area contributed by atoms with E-state index in [1.54, 1.807) is 11.3 Å². The van der Waals surface area contributed by atoms with Gasteiger partial charge in [-0.2, -0.15) is 0 Å². The van der Waals surface area contributed by atoms with E-state index in [1.807, 2.05) is 7.05 Å². The number of guanidine groups is 1. The first kappa shape index (κ1) is 25.1. The molecule has 0 aliphatic carbocycles. The quantitative estimate of drug-likeness (QED) is 0.328. The molecule has 166 valence electrons. The molecule has 2 heterocycles. The van der Waals surface area contributed by atoms with Crippen LogP contribution in [0.25, 0.3) is 0 Å². The minimum atomic E-state index is 0. The van der Waals surface area contributed by atoms with Gasteiger partial charge in [0.2, 0.25) is 0 Å². The molecule has 0 bridgehead atoms. The van der Waals surface area contributed by atoms with Crippen molar-refractivity contribution in [2.75, 3.05) is 20.1 Å². The summed E-state index contributed by atoms with van der Waals surface area (Å²) in [7, 11) is 1.84. The smallest absolute Gasteiger partial charge is 0.191 e. The molecule has 0 unspecified atom stereocenters. The van der Waals surface area contributed by atoms with Crippen molar-refractivity contribution in [2.24, 2.45) is 4.99 Å². The molecule has 1 fully saturated rings. The van der Waals surface area contributed by atoms with Crippen molar-refractivity contribution in [1.29, 1.82) is 0 Å². The van der Waals surface area contributed by atoms with Crippen molar-refractivity contribution in [1.82, 2.24) is 20.5 Å². The molecule has 7 heteroatoms. The lowest BCUT2D eigenvalue weighted by Gasteiger charge is -2.33. The zero-order chi connectivity index (χ0) is 20.9. The summed E-state index contributed by atoms with van der Waals surface area (Å²) in [5.41, 5.74) is 4.00. The Morgan fingerprint density at radius 3 is 2.60 bits per heavy atom. The molecule has 1 aromatic heterocycles.